The van der Waals surface area contributed by atoms with Gasteiger partial charge < -0.3 is 24.8 Å². The van der Waals surface area contributed by atoms with Crippen LogP contribution in [0.1, 0.15) is 29.8 Å². The molecule has 7 nitrogen and oxygen atoms in total. The van der Waals surface area contributed by atoms with Gasteiger partial charge in [0.15, 0.2) is 0 Å². The third-order valence-electron chi connectivity index (χ3n) is 5.68. The van der Waals surface area contributed by atoms with Crippen LogP contribution in [0.5, 0.6) is 5.75 Å². The zero-order valence-corrected chi connectivity index (χ0v) is 19.7. The maximum atomic E-state index is 13.1. The van der Waals surface area contributed by atoms with Gasteiger partial charge in [-0.3, -0.25) is 9.59 Å². The quantitative estimate of drug-likeness (QED) is 0.466. The molecule has 1 aromatic heterocycles. The lowest BCUT2D eigenvalue weighted by Gasteiger charge is -2.18. The van der Waals surface area contributed by atoms with Crippen LogP contribution in [-0.2, 0) is 11.8 Å². The normalized spacial score (nSPS) is 11.6. The summed E-state index contributed by atoms with van der Waals surface area (Å²) in [5.74, 6) is -0.294. The number of ether oxygens (including phenoxy) is 1. The number of amides is 2. The summed E-state index contributed by atoms with van der Waals surface area (Å²) in [5.41, 5.74) is 2.44. The molecular weight excluding hydrogens is 416 g/mol. The number of fused-ring (bicyclic) bond motifs is 1. The number of carbonyl (C=O) groups is 2. The third kappa shape index (κ3) is 5.81. The van der Waals surface area contributed by atoms with Crippen LogP contribution < -0.4 is 15.4 Å². The van der Waals surface area contributed by atoms with Crippen LogP contribution in [-0.4, -0.2) is 54.6 Å². The van der Waals surface area contributed by atoms with Crippen LogP contribution >= 0.6 is 0 Å². The molecule has 0 saturated carbocycles. The number of aryl methyl sites for hydroxylation is 1. The predicted octanol–water partition coefficient (Wildman–Crippen LogP) is 3.42. The van der Waals surface area contributed by atoms with Crippen LogP contribution in [0.2, 0.25) is 0 Å². The summed E-state index contributed by atoms with van der Waals surface area (Å²) in [5, 5.41) is 6.74. The highest BCUT2D eigenvalue weighted by Crippen LogP contribution is 2.23. The number of nitrogens with zero attached hydrogens (tertiary/aromatic N) is 2. The van der Waals surface area contributed by atoms with E-state index in [-0.39, 0.29) is 11.6 Å². The molecule has 2 N–H and O–H groups in total. The SMILES string of the molecule is CCN(CC)CCNC(=O)C(=Cc1cn(C)c2ccccc12)NC(=O)c1ccccc1OC. The van der Waals surface area contributed by atoms with Crippen LogP contribution in [0, 0.1) is 0 Å². The number of methoxy groups -OCH3 is 1. The van der Waals surface area contributed by atoms with E-state index in [1.165, 1.54) is 7.11 Å². The van der Waals surface area contributed by atoms with Crippen molar-refractivity contribution in [3.8, 4) is 5.75 Å². The van der Waals surface area contributed by atoms with Gasteiger partial charge >= 0.3 is 0 Å². The molecule has 174 valence electrons. The highest BCUT2D eigenvalue weighted by atomic mass is 16.5. The van der Waals surface area contributed by atoms with Crippen molar-refractivity contribution in [1.82, 2.24) is 20.1 Å². The van der Waals surface area contributed by atoms with Gasteiger partial charge in [-0.1, -0.05) is 44.2 Å². The van der Waals surface area contributed by atoms with Gasteiger partial charge in [-0.2, -0.15) is 0 Å². The molecule has 0 saturated heterocycles. The molecule has 0 aliphatic heterocycles. The molecule has 7 heteroatoms. The van der Waals surface area contributed by atoms with Crippen LogP contribution in [0.15, 0.2) is 60.4 Å². The second-order valence-electron chi connectivity index (χ2n) is 7.71. The Hall–Kier alpha value is -3.58. The summed E-state index contributed by atoms with van der Waals surface area (Å²) in [4.78, 5) is 28.4. The number of hydrogen-bond acceptors (Lipinski definition) is 4. The van der Waals surface area contributed by atoms with Crippen molar-refractivity contribution < 1.29 is 14.3 Å². The molecule has 33 heavy (non-hydrogen) atoms. The standard InChI is InChI=1S/C26H32N4O3/c1-5-30(6-2)16-15-27-26(32)22(28-25(31)21-12-8-10-14-24(21)33-4)17-19-18-29(3)23-13-9-7-11-20(19)23/h7-14,17-18H,5-6,15-16H2,1-4H3,(H,27,32)(H,28,31). The number of nitrogens with one attached hydrogen (secondary N) is 2. The van der Waals surface area contributed by atoms with E-state index in [9.17, 15) is 9.59 Å². The first-order chi connectivity index (χ1) is 16.0. The van der Waals surface area contributed by atoms with Crippen molar-refractivity contribution in [1.29, 1.82) is 0 Å². The fourth-order valence-electron chi connectivity index (χ4n) is 3.79. The van der Waals surface area contributed by atoms with E-state index in [4.69, 9.17) is 4.74 Å². The van der Waals surface area contributed by atoms with Crippen LogP contribution in [0.4, 0.5) is 0 Å². The Labute approximate surface area is 195 Å². The first-order valence-electron chi connectivity index (χ1n) is 11.2. The van der Waals surface area contributed by atoms with Crippen molar-refractivity contribution in [2.45, 2.75) is 13.8 Å². The molecule has 0 unspecified atom stereocenters. The number of para-hydroxylation sites is 2. The maximum absolute atomic E-state index is 13.1. The summed E-state index contributed by atoms with van der Waals surface area (Å²) >= 11 is 0. The number of aromatic nitrogens is 1. The Balaban J connectivity index is 1.91. The zero-order valence-electron chi connectivity index (χ0n) is 19.7. The number of benzene rings is 2. The highest BCUT2D eigenvalue weighted by molar-refractivity contribution is 6.07. The van der Waals surface area contributed by atoms with E-state index < -0.39 is 5.91 Å². The molecule has 0 aliphatic carbocycles. The van der Waals surface area contributed by atoms with Gasteiger partial charge in [-0.25, -0.2) is 0 Å². The minimum Gasteiger partial charge on any atom is -0.496 e. The van der Waals surface area contributed by atoms with Crippen molar-refractivity contribution in [3.05, 3.63) is 71.6 Å². The number of hydrogen-bond donors (Lipinski definition) is 2. The van der Waals surface area contributed by atoms with Gasteiger partial charge in [0, 0.05) is 42.8 Å². The molecule has 2 aromatic carbocycles. The van der Waals surface area contributed by atoms with Gasteiger partial charge in [0.25, 0.3) is 11.8 Å². The average molecular weight is 449 g/mol. The predicted molar refractivity (Wildman–Crippen MR) is 132 cm³/mol. The van der Waals surface area contributed by atoms with E-state index in [0.29, 0.717) is 17.9 Å². The molecule has 3 aromatic rings. The molecule has 2 amide bonds. The first-order valence-corrected chi connectivity index (χ1v) is 11.2. The van der Waals surface area contributed by atoms with E-state index in [0.717, 1.165) is 36.1 Å². The molecule has 0 aliphatic rings. The Bertz CT molecular complexity index is 1150. The van der Waals surface area contributed by atoms with Crippen molar-refractivity contribution in [2.24, 2.45) is 7.05 Å². The number of rotatable bonds is 10. The summed E-state index contributed by atoms with van der Waals surface area (Å²) in [6, 6.07) is 14.9. The zero-order chi connectivity index (χ0) is 23.8. The Kier molecular flexibility index (Phi) is 8.27. The summed E-state index contributed by atoms with van der Waals surface area (Å²) < 4.78 is 7.31. The first kappa shape index (κ1) is 24.1. The monoisotopic (exact) mass is 448 g/mol. The maximum Gasteiger partial charge on any atom is 0.267 e. The molecule has 0 spiro atoms. The fraction of sp³-hybridized carbons (Fsp3) is 0.308. The minimum absolute atomic E-state index is 0.182. The second-order valence-corrected chi connectivity index (χ2v) is 7.71. The third-order valence-corrected chi connectivity index (χ3v) is 5.68. The van der Waals surface area contributed by atoms with E-state index in [2.05, 4.69) is 29.4 Å². The van der Waals surface area contributed by atoms with E-state index >= 15 is 0 Å². The number of likely N-dealkylation sites (N-methyl/N-ethyl adjacent to an activating group) is 1. The van der Waals surface area contributed by atoms with Gasteiger partial charge in [0.05, 0.1) is 12.7 Å². The molecule has 0 fully saturated rings. The van der Waals surface area contributed by atoms with Crippen molar-refractivity contribution in [2.75, 3.05) is 33.3 Å². The van der Waals surface area contributed by atoms with Gasteiger partial charge in [-0.15, -0.1) is 0 Å². The summed E-state index contributed by atoms with van der Waals surface area (Å²) in [6.45, 7) is 7.22. The van der Waals surface area contributed by atoms with Gasteiger partial charge in [0.2, 0.25) is 0 Å². The Morgan fingerprint density at radius 1 is 1.06 bits per heavy atom. The summed E-state index contributed by atoms with van der Waals surface area (Å²) in [6.07, 6.45) is 3.67. The average Bonchev–Trinajstić information content (AvgIpc) is 3.16. The van der Waals surface area contributed by atoms with Crippen LogP contribution in [0.25, 0.3) is 17.0 Å². The van der Waals surface area contributed by atoms with E-state index in [1.54, 1.807) is 30.3 Å². The topological polar surface area (TPSA) is 75.6 Å². The van der Waals surface area contributed by atoms with Crippen LogP contribution in [0.3, 0.4) is 0 Å². The number of carbonyl (C=O) groups excluding carboxylic acids is 2. The molecule has 0 atom stereocenters. The Morgan fingerprint density at radius 3 is 2.48 bits per heavy atom. The van der Waals surface area contributed by atoms with Gasteiger partial charge in [-0.05, 0) is 37.4 Å². The lowest BCUT2D eigenvalue weighted by Crippen LogP contribution is -2.39. The molecule has 3 rings (SSSR count). The lowest BCUT2D eigenvalue weighted by atomic mass is 10.1. The fourth-order valence-corrected chi connectivity index (χ4v) is 3.79. The Morgan fingerprint density at radius 2 is 1.76 bits per heavy atom. The second kappa shape index (κ2) is 11.3. The summed E-state index contributed by atoms with van der Waals surface area (Å²) in [7, 11) is 3.47. The van der Waals surface area contributed by atoms with Crippen molar-refractivity contribution in [3.63, 3.8) is 0 Å². The molecule has 1 heterocycles. The minimum atomic E-state index is -0.405. The smallest absolute Gasteiger partial charge is 0.267 e. The molecule has 0 bridgehead atoms. The van der Waals surface area contributed by atoms with Gasteiger partial charge in [0.1, 0.15) is 11.4 Å². The largest absolute Gasteiger partial charge is 0.496 e. The highest BCUT2D eigenvalue weighted by Gasteiger charge is 2.18. The molecule has 0 radical (unpaired) electrons. The lowest BCUT2D eigenvalue weighted by molar-refractivity contribution is -0.117. The molecular formula is C26H32N4O3. The van der Waals surface area contributed by atoms with Crippen molar-refractivity contribution >= 4 is 28.8 Å². The van der Waals surface area contributed by atoms with E-state index in [1.807, 2.05) is 42.1 Å².